The zero-order chi connectivity index (χ0) is 13.0. The molecule has 0 aliphatic heterocycles. The summed E-state index contributed by atoms with van der Waals surface area (Å²) in [5.41, 5.74) is 0.994. The fourth-order valence-corrected chi connectivity index (χ4v) is 3.64. The summed E-state index contributed by atoms with van der Waals surface area (Å²) in [4.78, 5) is 9.42. The zero-order valence-corrected chi connectivity index (χ0v) is 12.1. The molecule has 2 nitrogen and oxygen atoms in total. The molecule has 4 heteroatoms. The summed E-state index contributed by atoms with van der Waals surface area (Å²) >= 11 is 6.04. The van der Waals surface area contributed by atoms with Gasteiger partial charge in [-0.15, -0.1) is 0 Å². The lowest BCUT2D eigenvalue weighted by Crippen LogP contribution is -2.12. The van der Waals surface area contributed by atoms with Gasteiger partial charge in [0, 0.05) is 10.6 Å². The third-order valence-corrected chi connectivity index (χ3v) is 4.80. The second-order valence-electron chi connectivity index (χ2n) is 5.02. The number of rotatable bonds is 2. The second kappa shape index (κ2) is 6.65. The van der Waals surface area contributed by atoms with Crippen LogP contribution in [-0.2, 0) is 4.57 Å². The summed E-state index contributed by atoms with van der Waals surface area (Å²) < 4.78 is 11.4. The molecule has 1 aliphatic carbocycles. The van der Waals surface area contributed by atoms with Gasteiger partial charge in [0.15, 0.2) is 0 Å². The van der Waals surface area contributed by atoms with Crippen LogP contribution < -0.4 is 5.30 Å². The van der Waals surface area contributed by atoms with Gasteiger partial charge in [-0.3, -0.25) is 0 Å². The summed E-state index contributed by atoms with van der Waals surface area (Å²) in [7, 11) is -2.28. The van der Waals surface area contributed by atoms with E-state index in [2.05, 4.69) is 0 Å². The molecule has 1 aromatic carbocycles. The van der Waals surface area contributed by atoms with E-state index in [1.54, 1.807) is 12.1 Å². The lowest BCUT2D eigenvalue weighted by Gasteiger charge is -2.19. The van der Waals surface area contributed by atoms with Crippen LogP contribution >= 0.6 is 19.6 Å². The summed E-state index contributed by atoms with van der Waals surface area (Å²) in [5.74, 6) is 0.394. The Morgan fingerprint density at radius 3 is 2.33 bits per heavy atom. The lowest BCUT2D eigenvalue weighted by atomic mass is 9.86. The van der Waals surface area contributed by atoms with Crippen LogP contribution in [0.2, 0.25) is 5.02 Å². The minimum Gasteiger partial charge on any atom is -0.156 e. The standard InChI is InChI=1S/C14H18ClO2P/c15-12-8-9-14(18(16)17)13(10-12)11-6-4-2-1-3-5-7-11/h8-11H,1-7H2/p+1. The van der Waals surface area contributed by atoms with Gasteiger partial charge in [-0.1, -0.05) is 43.7 Å². The van der Waals surface area contributed by atoms with Crippen molar-refractivity contribution >= 4 is 24.9 Å². The molecule has 0 saturated heterocycles. The minimum absolute atomic E-state index is 0.394. The Bertz CT molecular complexity index is 426. The molecular formula is C14H19ClO2P+. The first-order valence-electron chi connectivity index (χ1n) is 6.64. The van der Waals surface area contributed by atoms with E-state index in [0.717, 1.165) is 18.4 Å². The highest BCUT2D eigenvalue weighted by Crippen LogP contribution is 2.34. The quantitative estimate of drug-likeness (QED) is 0.811. The highest BCUT2D eigenvalue weighted by Gasteiger charge is 2.27. The van der Waals surface area contributed by atoms with Crippen LogP contribution in [0.25, 0.3) is 0 Å². The number of hydrogen-bond donors (Lipinski definition) is 1. The first kappa shape index (κ1) is 14.0. The maximum Gasteiger partial charge on any atom is 0.546 e. The van der Waals surface area contributed by atoms with E-state index in [4.69, 9.17) is 11.6 Å². The molecule has 1 aromatic rings. The first-order chi connectivity index (χ1) is 8.68. The average molecular weight is 286 g/mol. The van der Waals surface area contributed by atoms with E-state index in [0.29, 0.717) is 16.2 Å². The molecule has 0 amide bonds. The Morgan fingerprint density at radius 2 is 1.72 bits per heavy atom. The van der Waals surface area contributed by atoms with Crippen molar-refractivity contribution in [1.29, 1.82) is 0 Å². The Hall–Kier alpha value is -0.430. The highest BCUT2D eigenvalue weighted by atomic mass is 35.5. The van der Waals surface area contributed by atoms with Gasteiger partial charge in [0.2, 0.25) is 5.30 Å². The van der Waals surface area contributed by atoms with E-state index in [1.165, 1.54) is 32.1 Å². The number of halogens is 1. The molecule has 1 aliphatic rings. The van der Waals surface area contributed by atoms with Gasteiger partial charge >= 0.3 is 8.03 Å². The first-order valence-corrected chi connectivity index (χ1v) is 8.23. The fraction of sp³-hybridized carbons (Fsp3) is 0.571. The van der Waals surface area contributed by atoms with Crippen molar-refractivity contribution in [1.82, 2.24) is 0 Å². The minimum atomic E-state index is -2.28. The molecule has 0 bridgehead atoms. The molecular weight excluding hydrogens is 267 g/mol. The van der Waals surface area contributed by atoms with E-state index in [-0.39, 0.29) is 0 Å². The molecule has 0 spiro atoms. The van der Waals surface area contributed by atoms with Crippen molar-refractivity contribution in [2.24, 2.45) is 0 Å². The van der Waals surface area contributed by atoms with Gasteiger partial charge in [0.25, 0.3) is 0 Å². The zero-order valence-electron chi connectivity index (χ0n) is 10.4. The van der Waals surface area contributed by atoms with Crippen molar-refractivity contribution < 1.29 is 9.46 Å². The van der Waals surface area contributed by atoms with Gasteiger partial charge in [0.05, 0.1) is 0 Å². The van der Waals surface area contributed by atoms with E-state index in [9.17, 15) is 9.46 Å². The molecule has 98 valence electrons. The smallest absolute Gasteiger partial charge is 0.156 e. The lowest BCUT2D eigenvalue weighted by molar-refractivity contribution is 0.456. The topological polar surface area (TPSA) is 37.3 Å². The van der Waals surface area contributed by atoms with E-state index >= 15 is 0 Å². The Labute approximate surface area is 114 Å². The highest BCUT2D eigenvalue weighted by molar-refractivity contribution is 7.47. The van der Waals surface area contributed by atoms with Crippen molar-refractivity contribution in [2.45, 2.75) is 50.9 Å². The van der Waals surface area contributed by atoms with Crippen LogP contribution in [0.4, 0.5) is 0 Å². The van der Waals surface area contributed by atoms with Crippen LogP contribution in [0.15, 0.2) is 18.2 Å². The van der Waals surface area contributed by atoms with Crippen LogP contribution in [0.5, 0.6) is 0 Å². The number of hydrogen-bond acceptors (Lipinski definition) is 1. The maximum absolute atomic E-state index is 11.4. The van der Waals surface area contributed by atoms with Crippen molar-refractivity contribution in [3.8, 4) is 0 Å². The summed E-state index contributed by atoms with van der Waals surface area (Å²) in [6.45, 7) is 0. The molecule has 1 fully saturated rings. The fourth-order valence-electron chi connectivity index (χ4n) is 2.79. The predicted molar refractivity (Wildman–Crippen MR) is 76.0 cm³/mol. The molecule has 0 aromatic heterocycles. The van der Waals surface area contributed by atoms with Crippen molar-refractivity contribution in [2.75, 3.05) is 0 Å². The second-order valence-corrected chi connectivity index (χ2v) is 6.48. The molecule has 1 saturated carbocycles. The molecule has 1 N–H and O–H groups in total. The van der Waals surface area contributed by atoms with Gasteiger partial charge in [-0.05, 0) is 41.5 Å². The van der Waals surface area contributed by atoms with Gasteiger partial charge in [0.1, 0.15) is 0 Å². The molecule has 1 unspecified atom stereocenters. The predicted octanol–water partition coefficient (Wildman–Crippen LogP) is 4.53. The molecule has 2 rings (SSSR count). The molecule has 0 heterocycles. The SMILES string of the molecule is O=[P+](O)c1ccc(Cl)cc1C1CCCCCCC1. The molecule has 1 atom stereocenters. The summed E-state index contributed by atoms with van der Waals surface area (Å²) in [6, 6.07) is 5.29. The number of benzene rings is 1. The van der Waals surface area contributed by atoms with Crippen molar-refractivity contribution in [3.63, 3.8) is 0 Å². The van der Waals surface area contributed by atoms with Crippen molar-refractivity contribution in [3.05, 3.63) is 28.8 Å². The maximum atomic E-state index is 11.4. The third kappa shape index (κ3) is 3.54. The van der Waals surface area contributed by atoms with Crippen LogP contribution in [0.1, 0.15) is 56.4 Å². The Morgan fingerprint density at radius 1 is 1.11 bits per heavy atom. The van der Waals surface area contributed by atoms with Crippen LogP contribution in [-0.4, -0.2) is 4.89 Å². The van der Waals surface area contributed by atoms with E-state index in [1.807, 2.05) is 6.07 Å². The molecule has 0 radical (unpaired) electrons. The third-order valence-electron chi connectivity index (χ3n) is 3.74. The molecule has 18 heavy (non-hydrogen) atoms. The Balaban J connectivity index is 2.28. The average Bonchev–Trinajstić information content (AvgIpc) is 2.27. The van der Waals surface area contributed by atoms with Crippen LogP contribution in [0, 0.1) is 0 Å². The van der Waals surface area contributed by atoms with Crippen LogP contribution in [0.3, 0.4) is 0 Å². The van der Waals surface area contributed by atoms with E-state index < -0.39 is 8.03 Å². The normalized spacial score (nSPS) is 19.1. The summed E-state index contributed by atoms with van der Waals surface area (Å²) in [6.07, 6.45) is 8.50. The van der Waals surface area contributed by atoms with Gasteiger partial charge < -0.3 is 0 Å². The monoisotopic (exact) mass is 285 g/mol. The van der Waals surface area contributed by atoms with Gasteiger partial charge in [-0.2, -0.15) is 4.89 Å². The van der Waals surface area contributed by atoms with Gasteiger partial charge in [-0.25, -0.2) is 0 Å². The Kier molecular flexibility index (Phi) is 5.17. The summed E-state index contributed by atoms with van der Waals surface area (Å²) in [5, 5.41) is 1.23. The largest absolute Gasteiger partial charge is 0.546 e.